The first-order valence-electron chi connectivity index (χ1n) is 6.65. The van der Waals surface area contributed by atoms with Crippen LogP contribution in [0.3, 0.4) is 0 Å². The average Bonchev–Trinajstić information content (AvgIpc) is 2.45. The highest BCUT2D eigenvalue weighted by Crippen LogP contribution is 2.14. The van der Waals surface area contributed by atoms with Gasteiger partial charge in [-0.2, -0.15) is 0 Å². The molecule has 0 aliphatic heterocycles. The van der Waals surface area contributed by atoms with Gasteiger partial charge in [-0.05, 0) is 24.3 Å². The zero-order valence-electron chi connectivity index (χ0n) is 11.4. The van der Waals surface area contributed by atoms with Crippen molar-refractivity contribution in [3.63, 3.8) is 0 Å². The van der Waals surface area contributed by atoms with E-state index < -0.39 is 0 Å². The number of anilines is 1. The molecule has 1 amide bonds. The molecule has 0 radical (unpaired) electrons. The number of amides is 1. The van der Waals surface area contributed by atoms with Crippen molar-refractivity contribution in [3.8, 4) is 0 Å². The standard InChI is InChI=1S/C16H16ClFN2O/c17-13-5-3-6-14(10-13)20-16(21)8-9-19-11-12-4-1-2-7-15(12)18/h1-7,10,19H,8-9,11H2,(H,20,21). The fourth-order valence-electron chi connectivity index (χ4n) is 1.86. The number of hydrogen-bond donors (Lipinski definition) is 2. The lowest BCUT2D eigenvalue weighted by atomic mass is 10.2. The third-order valence-corrected chi connectivity index (χ3v) is 3.15. The molecule has 0 unspecified atom stereocenters. The van der Waals surface area contributed by atoms with Crippen LogP contribution in [0.5, 0.6) is 0 Å². The normalized spacial score (nSPS) is 10.4. The van der Waals surface area contributed by atoms with Gasteiger partial charge in [0, 0.05) is 35.8 Å². The molecule has 0 saturated heterocycles. The van der Waals surface area contributed by atoms with Gasteiger partial charge in [0.25, 0.3) is 0 Å². The third-order valence-electron chi connectivity index (χ3n) is 2.91. The molecule has 2 aromatic carbocycles. The van der Waals surface area contributed by atoms with Gasteiger partial charge in [-0.15, -0.1) is 0 Å². The summed E-state index contributed by atoms with van der Waals surface area (Å²) < 4.78 is 13.4. The molecule has 0 spiro atoms. The molecule has 0 heterocycles. The second-order valence-corrected chi connectivity index (χ2v) is 5.01. The van der Waals surface area contributed by atoms with Crippen LogP contribution in [0.15, 0.2) is 48.5 Å². The molecule has 0 aliphatic carbocycles. The van der Waals surface area contributed by atoms with Gasteiger partial charge in [0.2, 0.25) is 5.91 Å². The number of carbonyl (C=O) groups is 1. The van der Waals surface area contributed by atoms with Crippen LogP contribution in [0.1, 0.15) is 12.0 Å². The van der Waals surface area contributed by atoms with E-state index in [4.69, 9.17) is 11.6 Å². The minimum Gasteiger partial charge on any atom is -0.326 e. The summed E-state index contributed by atoms with van der Waals surface area (Å²) in [4.78, 5) is 11.7. The van der Waals surface area contributed by atoms with Crippen LogP contribution < -0.4 is 10.6 Å². The Balaban J connectivity index is 1.71. The number of halogens is 2. The number of carbonyl (C=O) groups excluding carboxylic acids is 1. The summed E-state index contributed by atoms with van der Waals surface area (Å²) in [5, 5.41) is 6.37. The number of hydrogen-bond acceptors (Lipinski definition) is 2. The maximum atomic E-state index is 13.4. The van der Waals surface area contributed by atoms with E-state index in [-0.39, 0.29) is 11.7 Å². The number of nitrogens with one attached hydrogen (secondary N) is 2. The smallest absolute Gasteiger partial charge is 0.225 e. The van der Waals surface area contributed by atoms with Gasteiger partial charge >= 0.3 is 0 Å². The minimum atomic E-state index is -0.242. The maximum absolute atomic E-state index is 13.4. The Labute approximate surface area is 128 Å². The van der Waals surface area contributed by atoms with Crippen molar-refractivity contribution in [2.75, 3.05) is 11.9 Å². The summed E-state index contributed by atoms with van der Waals surface area (Å²) in [6.07, 6.45) is 0.307. The predicted octanol–water partition coefficient (Wildman–Crippen LogP) is 3.60. The molecule has 5 heteroatoms. The van der Waals surface area contributed by atoms with Gasteiger partial charge in [-0.25, -0.2) is 4.39 Å². The zero-order valence-corrected chi connectivity index (χ0v) is 12.2. The first kappa shape index (κ1) is 15.5. The average molecular weight is 307 g/mol. The van der Waals surface area contributed by atoms with Gasteiger partial charge < -0.3 is 10.6 Å². The summed E-state index contributed by atoms with van der Waals surface area (Å²) in [7, 11) is 0. The minimum absolute atomic E-state index is 0.113. The summed E-state index contributed by atoms with van der Waals surface area (Å²) >= 11 is 5.84. The Morgan fingerprint density at radius 2 is 1.95 bits per heavy atom. The van der Waals surface area contributed by atoms with E-state index in [0.29, 0.717) is 35.8 Å². The number of benzene rings is 2. The highest BCUT2D eigenvalue weighted by atomic mass is 35.5. The van der Waals surface area contributed by atoms with Crippen LogP contribution in [0.2, 0.25) is 5.02 Å². The Bertz CT molecular complexity index is 619. The van der Waals surface area contributed by atoms with E-state index in [1.165, 1.54) is 6.07 Å². The number of rotatable bonds is 6. The molecule has 0 aromatic heterocycles. The second-order valence-electron chi connectivity index (χ2n) is 4.58. The van der Waals surface area contributed by atoms with Crippen molar-refractivity contribution in [2.45, 2.75) is 13.0 Å². The van der Waals surface area contributed by atoms with Crippen molar-refractivity contribution in [1.29, 1.82) is 0 Å². The third kappa shape index (κ3) is 5.17. The van der Waals surface area contributed by atoms with Crippen molar-refractivity contribution >= 4 is 23.2 Å². The predicted molar refractivity (Wildman–Crippen MR) is 82.8 cm³/mol. The fourth-order valence-corrected chi connectivity index (χ4v) is 2.05. The molecular formula is C16H16ClFN2O. The Kier molecular flexibility index (Phi) is 5.72. The van der Waals surface area contributed by atoms with Gasteiger partial charge in [0.15, 0.2) is 0 Å². The molecule has 21 heavy (non-hydrogen) atoms. The Hall–Kier alpha value is -1.91. The summed E-state index contributed by atoms with van der Waals surface area (Å²) in [5.41, 5.74) is 1.26. The van der Waals surface area contributed by atoms with Gasteiger partial charge in [0.05, 0.1) is 0 Å². The van der Waals surface area contributed by atoms with Crippen molar-refractivity contribution in [1.82, 2.24) is 5.32 Å². The molecule has 0 aliphatic rings. The molecule has 0 fully saturated rings. The fraction of sp³-hybridized carbons (Fsp3) is 0.188. The van der Waals surface area contributed by atoms with Gasteiger partial charge in [-0.1, -0.05) is 35.9 Å². The quantitative estimate of drug-likeness (QED) is 0.801. The lowest BCUT2D eigenvalue weighted by Gasteiger charge is -2.07. The summed E-state index contributed by atoms with van der Waals surface area (Å²) in [6.45, 7) is 0.873. The highest BCUT2D eigenvalue weighted by molar-refractivity contribution is 6.30. The van der Waals surface area contributed by atoms with Gasteiger partial charge in [0.1, 0.15) is 5.82 Å². The van der Waals surface area contributed by atoms with E-state index in [9.17, 15) is 9.18 Å². The molecule has 2 aromatic rings. The lowest BCUT2D eigenvalue weighted by molar-refractivity contribution is -0.116. The first-order valence-corrected chi connectivity index (χ1v) is 7.02. The zero-order chi connectivity index (χ0) is 15.1. The van der Waals surface area contributed by atoms with Crippen LogP contribution in [-0.4, -0.2) is 12.5 Å². The van der Waals surface area contributed by atoms with E-state index in [0.717, 1.165) is 0 Å². The van der Waals surface area contributed by atoms with Crippen molar-refractivity contribution < 1.29 is 9.18 Å². The summed E-state index contributed by atoms with van der Waals surface area (Å²) in [5.74, 6) is -0.355. The molecule has 3 nitrogen and oxygen atoms in total. The molecule has 0 saturated carbocycles. The molecule has 110 valence electrons. The van der Waals surface area contributed by atoms with E-state index in [1.54, 1.807) is 42.5 Å². The van der Waals surface area contributed by atoms with E-state index >= 15 is 0 Å². The monoisotopic (exact) mass is 306 g/mol. The molecule has 0 bridgehead atoms. The highest BCUT2D eigenvalue weighted by Gasteiger charge is 2.04. The first-order chi connectivity index (χ1) is 10.1. The maximum Gasteiger partial charge on any atom is 0.225 e. The van der Waals surface area contributed by atoms with Crippen LogP contribution in [0, 0.1) is 5.82 Å². The van der Waals surface area contributed by atoms with E-state index in [2.05, 4.69) is 10.6 Å². The van der Waals surface area contributed by atoms with Crippen LogP contribution in [0.25, 0.3) is 0 Å². The van der Waals surface area contributed by atoms with Crippen molar-refractivity contribution in [3.05, 3.63) is 64.9 Å². The largest absolute Gasteiger partial charge is 0.326 e. The molecule has 0 atom stereocenters. The van der Waals surface area contributed by atoms with Crippen LogP contribution in [-0.2, 0) is 11.3 Å². The van der Waals surface area contributed by atoms with Crippen molar-refractivity contribution in [2.24, 2.45) is 0 Å². The summed E-state index contributed by atoms with van der Waals surface area (Å²) in [6, 6.07) is 13.5. The topological polar surface area (TPSA) is 41.1 Å². The Morgan fingerprint density at radius 3 is 2.71 bits per heavy atom. The molecule has 2 N–H and O–H groups in total. The van der Waals surface area contributed by atoms with Crippen LogP contribution >= 0.6 is 11.6 Å². The van der Waals surface area contributed by atoms with Gasteiger partial charge in [-0.3, -0.25) is 4.79 Å². The molecule has 2 rings (SSSR count). The molecular weight excluding hydrogens is 291 g/mol. The van der Waals surface area contributed by atoms with E-state index in [1.807, 2.05) is 0 Å². The Morgan fingerprint density at radius 1 is 1.14 bits per heavy atom. The SMILES string of the molecule is O=C(CCNCc1ccccc1F)Nc1cccc(Cl)c1. The van der Waals surface area contributed by atoms with Crippen LogP contribution in [0.4, 0.5) is 10.1 Å². The lowest BCUT2D eigenvalue weighted by Crippen LogP contribution is -2.21. The second kappa shape index (κ2) is 7.76.